The predicted molar refractivity (Wildman–Crippen MR) is 60.8 cm³/mol. The summed E-state index contributed by atoms with van der Waals surface area (Å²) < 4.78 is 0. The van der Waals surface area contributed by atoms with Gasteiger partial charge in [0.05, 0.1) is 0 Å². The SMILES string of the molecule is C=C/C=C\C(=C/C)C(C)CNCC. The molecule has 0 bridgehead atoms. The summed E-state index contributed by atoms with van der Waals surface area (Å²) in [4.78, 5) is 0. The number of hydrogen-bond acceptors (Lipinski definition) is 1. The van der Waals surface area contributed by atoms with Gasteiger partial charge in [-0.2, -0.15) is 0 Å². The van der Waals surface area contributed by atoms with Gasteiger partial charge < -0.3 is 5.32 Å². The van der Waals surface area contributed by atoms with Crippen molar-refractivity contribution >= 4 is 0 Å². The molecule has 0 aromatic rings. The monoisotopic (exact) mass is 179 g/mol. The van der Waals surface area contributed by atoms with E-state index in [4.69, 9.17) is 0 Å². The van der Waals surface area contributed by atoms with Crippen LogP contribution >= 0.6 is 0 Å². The van der Waals surface area contributed by atoms with Crippen molar-refractivity contribution in [2.24, 2.45) is 5.92 Å². The molecular formula is C12H21N. The second-order valence-electron chi connectivity index (χ2n) is 3.09. The van der Waals surface area contributed by atoms with E-state index in [9.17, 15) is 0 Å². The van der Waals surface area contributed by atoms with Gasteiger partial charge in [-0.25, -0.2) is 0 Å². The highest BCUT2D eigenvalue weighted by molar-refractivity contribution is 5.23. The van der Waals surface area contributed by atoms with E-state index in [-0.39, 0.29) is 0 Å². The maximum atomic E-state index is 3.66. The Morgan fingerprint density at radius 2 is 2.23 bits per heavy atom. The second kappa shape index (κ2) is 7.81. The summed E-state index contributed by atoms with van der Waals surface area (Å²) in [5, 5.41) is 3.34. The molecule has 0 spiro atoms. The van der Waals surface area contributed by atoms with E-state index in [1.807, 2.05) is 12.2 Å². The second-order valence-corrected chi connectivity index (χ2v) is 3.09. The maximum Gasteiger partial charge on any atom is 0.00172 e. The molecule has 0 rings (SSSR count). The molecule has 0 amide bonds. The first kappa shape index (κ1) is 12.2. The first-order valence-electron chi connectivity index (χ1n) is 4.92. The quantitative estimate of drug-likeness (QED) is 0.618. The largest absolute Gasteiger partial charge is 0.316 e. The molecule has 1 nitrogen and oxygen atoms in total. The maximum absolute atomic E-state index is 3.66. The minimum Gasteiger partial charge on any atom is -0.316 e. The van der Waals surface area contributed by atoms with E-state index in [0.717, 1.165) is 13.1 Å². The Bertz CT molecular complexity index is 189. The molecule has 1 atom stereocenters. The summed E-state index contributed by atoms with van der Waals surface area (Å²) in [6.07, 6.45) is 8.07. The zero-order valence-electron chi connectivity index (χ0n) is 9.01. The van der Waals surface area contributed by atoms with E-state index < -0.39 is 0 Å². The van der Waals surface area contributed by atoms with Crippen molar-refractivity contribution in [2.45, 2.75) is 20.8 Å². The van der Waals surface area contributed by atoms with Gasteiger partial charge in [-0.05, 0) is 25.0 Å². The molecule has 1 unspecified atom stereocenters. The molecule has 0 aliphatic rings. The third kappa shape index (κ3) is 5.42. The van der Waals surface area contributed by atoms with Gasteiger partial charge in [0.1, 0.15) is 0 Å². The third-order valence-corrected chi connectivity index (χ3v) is 2.03. The standard InChI is InChI=1S/C12H21N/c1-5-8-9-12(6-2)11(4)10-13-7-3/h5-6,8-9,11,13H,1,7,10H2,2-4H3/b9-8-,12-6+. The molecule has 0 aliphatic carbocycles. The first-order chi connectivity index (χ1) is 6.26. The van der Waals surface area contributed by atoms with Gasteiger partial charge in [0, 0.05) is 6.54 Å². The Hall–Kier alpha value is -0.820. The van der Waals surface area contributed by atoms with Crippen LogP contribution in [0.1, 0.15) is 20.8 Å². The van der Waals surface area contributed by atoms with E-state index in [1.165, 1.54) is 5.57 Å². The van der Waals surface area contributed by atoms with Crippen LogP contribution < -0.4 is 5.32 Å². The minimum absolute atomic E-state index is 0.571. The minimum atomic E-state index is 0.571. The Morgan fingerprint density at radius 3 is 2.69 bits per heavy atom. The van der Waals surface area contributed by atoms with Crippen LogP contribution in [-0.2, 0) is 0 Å². The number of hydrogen-bond donors (Lipinski definition) is 1. The fourth-order valence-electron chi connectivity index (χ4n) is 1.20. The molecule has 1 heteroatoms. The van der Waals surface area contributed by atoms with Crippen LogP contribution in [-0.4, -0.2) is 13.1 Å². The molecule has 13 heavy (non-hydrogen) atoms. The predicted octanol–water partition coefficient (Wildman–Crippen LogP) is 2.92. The lowest BCUT2D eigenvalue weighted by Gasteiger charge is -2.12. The smallest absolute Gasteiger partial charge is 0.00172 e. The van der Waals surface area contributed by atoms with Crippen LogP contribution in [0.3, 0.4) is 0 Å². The van der Waals surface area contributed by atoms with Gasteiger partial charge in [-0.1, -0.05) is 44.7 Å². The van der Waals surface area contributed by atoms with Crippen molar-refractivity contribution in [2.75, 3.05) is 13.1 Å². The Kier molecular flexibility index (Phi) is 7.32. The summed E-state index contributed by atoms with van der Waals surface area (Å²) in [6.45, 7) is 12.2. The molecule has 0 fully saturated rings. The summed E-state index contributed by atoms with van der Waals surface area (Å²) in [6, 6.07) is 0. The van der Waals surface area contributed by atoms with E-state index >= 15 is 0 Å². The van der Waals surface area contributed by atoms with Crippen molar-refractivity contribution in [3.8, 4) is 0 Å². The summed E-state index contributed by atoms with van der Waals surface area (Å²) in [5.41, 5.74) is 1.36. The molecule has 1 N–H and O–H groups in total. The molecule has 0 radical (unpaired) electrons. The van der Waals surface area contributed by atoms with Crippen LogP contribution in [0.5, 0.6) is 0 Å². The van der Waals surface area contributed by atoms with Crippen LogP contribution in [0.2, 0.25) is 0 Å². The first-order valence-corrected chi connectivity index (χ1v) is 4.92. The average Bonchev–Trinajstić information content (AvgIpc) is 2.16. The molecular weight excluding hydrogens is 158 g/mol. The van der Waals surface area contributed by atoms with Crippen LogP contribution in [0, 0.1) is 5.92 Å². The van der Waals surface area contributed by atoms with Crippen LogP contribution in [0.4, 0.5) is 0 Å². The average molecular weight is 179 g/mol. The topological polar surface area (TPSA) is 12.0 Å². The molecule has 0 aromatic heterocycles. The molecule has 0 aromatic carbocycles. The summed E-state index contributed by atoms with van der Waals surface area (Å²) in [5.74, 6) is 0.571. The fourth-order valence-corrected chi connectivity index (χ4v) is 1.20. The molecule has 0 saturated carbocycles. The number of rotatable bonds is 6. The van der Waals surface area contributed by atoms with Gasteiger partial charge in [0.25, 0.3) is 0 Å². The van der Waals surface area contributed by atoms with Gasteiger partial charge >= 0.3 is 0 Å². The van der Waals surface area contributed by atoms with Gasteiger partial charge in [0.15, 0.2) is 0 Å². The van der Waals surface area contributed by atoms with Gasteiger partial charge in [-0.3, -0.25) is 0 Å². The normalized spacial score (nSPS) is 14.8. The molecule has 0 heterocycles. The number of nitrogens with one attached hydrogen (secondary N) is 1. The molecule has 0 aliphatic heterocycles. The van der Waals surface area contributed by atoms with Gasteiger partial charge in [0.2, 0.25) is 0 Å². The van der Waals surface area contributed by atoms with Crippen molar-refractivity contribution in [1.29, 1.82) is 0 Å². The fraction of sp³-hybridized carbons (Fsp3) is 0.500. The third-order valence-electron chi connectivity index (χ3n) is 2.03. The molecule has 0 saturated heterocycles. The number of allylic oxidation sites excluding steroid dienone is 4. The Balaban J connectivity index is 4.08. The van der Waals surface area contributed by atoms with Crippen molar-refractivity contribution in [3.63, 3.8) is 0 Å². The highest BCUT2D eigenvalue weighted by atomic mass is 14.8. The van der Waals surface area contributed by atoms with E-state index in [1.54, 1.807) is 0 Å². The van der Waals surface area contributed by atoms with Crippen molar-refractivity contribution in [1.82, 2.24) is 5.32 Å². The summed E-state index contributed by atoms with van der Waals surface area (Å²) in [7, 11) is 0. The van der Waals surface area contributed by atoms with Crippen molar-refractivity contribution in [3.05, 3.63) is 36.5 Å². The zero-order chi connectivity index (χ0) is 10.1. The lowest BCUT2D eigenvalue weighted by molar-refractivity contribution is 0.595. The van der Waals surface area contributed by atoms with E-state index in [0.29, 0.717) is 5.92 Å². The highest BCUT2D eigenvalue weighted by Crippen LogP contribution is 2.10. The highest BCUT2D eigenvalue weighted by Gasteiger charge is 2.02. The molecule has 74 valence electrons. The lowest BCUT2D eigenvalue weighted by Crippen LogP contribution is -2.21. The van der Waals surface area contributed by atoms with E-state index in [2.05, 4.69) is 44.8 Å². The zero-order valence-corrected chi connectivity index (χ0v) is 9.01. The Labute approximate surface area is 82.2 Å². The van der Waals surface area contributed by atoms with Gasteiger partial charge in [-0.15, -0.1) is 0 Å². The van der Waals surface area contributed by atoms with Crippen molar-refractivity contribution < 1.29 is 0 Å². The van der Waals surface area contributed by atoms with Crippen LogP contribution in [0.15, 0.2) is 36.5 Å². The lowest BCUT2D eigenvalue weighted by atomic mass is 10.0. The Morgan fingerprint density at radius 1 is 1.54 bits per heavy atom. The van der Waals surface area contributed by atoms with Crippen LogP contribution in [0.25, 0.3) is 0 Å². The summed E-state index contributed by atoms with van der Waals surface area (Å²) >= 11 is 0.